The van der Waals surface area contributed by atoms with Crippen LogP contribution in [0.3, 0.4) is 0 Å². The summed E-state index contributed by atoms with van der Waals surface area (Å²) >= 11 is 6.50. The molecule has 0 atom stereocenters. The molecule has 0 aromatic heterocycles. The molecule has 0 bridgehead atoms. The molecule has 0 saturated carbocycles. The van der Waals surface area contributed by atoms with E-state index < -0.39 is 4.92 Å². The molecule has 5 nitrogen and oxygen atoms in total. The summed E-state index contributed by atoms with van der Waals surface area (Å²) in [5.74, 6) is 0.847. The highest BCUT2D eigenvalue weighted by atomic mass is 79.9. The number of nitro benzene ring substituents is 1. The van der Waals surface area contributed by atoms with E-state index in [9.17, 15) is 10.1 Å². The van der Waals surface area contributed by atoms with Crippen molar-refractivity contribution >= 4 is 37.5 Å². The van der Waals surface area contributed by atoms with Crippen molar-refractivity contribution in [3.8, 4) is 11.5 Å². The van der Waals surface area contributed by atoms with Crippen LogP contribution < -0.4 is 4.74 Å². The number of hydrogen-bond donors (Lipinski definition) is 1. The SMILES string of the molecule is O=[N+]([O-])c1cccc(Oc2ccc(CO)cc2Br)c1Br. The summed E-state index contributed by atoms with van der Waals surface area (Å²) in [5, 5.41) is 19.9. The van der Waals surface area contributed by atoms with Crippen molar-refractivity contribution in [1.29, 1.82) is 0 Å². The second-order valence-corrected chi connectivity index (χ2v) is 5.52. The van der Waals surface area contributed by atoms with Gasteiger partial charge in [0, 0.05) is 6.07 Å². The van der Waals surface area contributed by atoms with Crippen LogP contribution in [0.1, 0.15) is 5.56 Å². The van der Waals surface area contributed by atoms with E-state index in [0.29, 0.717) is 16.0 Å². The first kappa shape index (κ1) is 15.0. The fraction of sp³-hybridized carbons (Fsp3) is 0.0769. The van der Waals surface area contributed by atoms with Gasteiger partial charge in [0.15, 0.2) is 0 Å². The predicted octanol–water partition coefficient (Wildman–Crippen LogP) is 4.40. The maximum atomic E-state index is 10.9. The Balaban J connectivity index is 2.35. The summed E-state index contributed by atoms with van der Waals surface area (Å²) in [6, 6.07) is 9.69. The Morgan fingerprint density at radius 2 is 1.95 bits per heavy atom. The molecule has 0 heterocycles. The van der Waals surface area contributed by atoms with Gasteiger partial charge in [-0.3, -0.25) is 10.1 Å². The Bertz CT molecular complexity index is 661. The number of benzene rings is 2. The second-order valence-electron chi connectivity index (χ2n) is 3.87. The van der Waals surface area contributed by atoms with Crippen LogP contribution in [-0.2, 0) is 6.61 Å². The number of aliphatic hydroxyl groups is 1. The fourth-order valence-electron chi connectivity index (χ4n) is 1.56. The minimum Gasteiger partial charge on any atom is -0.455 e. The molecule has 20 heavy (non-hydrogen) atoms. The highest BCUT2D eigenvalue weighted by Crippen LogP contribution is 2.38. The molecular formula is C13H9Br2NO4. The molecule has 0 fully saturated rings. The third-order valence-corrected chi connectivity index (χ3v) is 3.96. The van der Waals surface area contributed by atoms with Gasteiger partial charge >= 0.3 is 0 Å². The van der Waals surface area contributed by atoms with Crippen LogP contribution in [-0.4, -0.2) is 10.0 Å². The van der Waals surface area contributed by atoms with Gasteiger partial charge in [0.25, 0.3) is 5.69 Å². The third kappa shape index (κ3) is 3.17. The van der Waals surface area contributed by atoms with Gasteiger partial charge in [-0.05, 0) is 55.6 Å². The standard InChI is InChI=1S/C13H9Br2NO4/c14-9-6-8(7-17)4-5-11(9)20-12-3-1-2-10(13(12)15)16(18)19/h1-6,17H,7H2. The summed E-state index contributed by atoms with van der Waals surface area (Å²) in [5.41, 5.74) is 0.674. The predicted molar refractivity (Wildman–Crippen MR) is 80.9 cm³/mol. The Hall–Kier alpha value is -1.44. The van der Waals surface area contributed by atoms with Crippen molar-refractivity contribution in [2.75, 3.05) is 0 Å². The van der Waals surface area contributed by atoms with Crippen molar-refractivity contribution in [3.63, 3.8) is 0 Å². The lowest BCUT2D eigenvalue weighted by Crippen LogP contribution is -1.93. The number of nitrogens with zero attached hydrogens (tertiary/aromatic N) is 1. The number of aliphatic hydroxyl groups excluding tert-OH is 1. The van der Waals surface area contributed by atoms with E-state index in [-0.39, 0.29) is 16.8 Å². The van der Waals surface area contributed by atoms with E-state index in [1.807, 2.05) is 0 Å². The van der Waals surface area contributed by atoms with Crippen LogP contribution in [0.15, 0.2) is 45.3 Å². The highest BCUT2D eigenvalue weighted by molar-refractivity contribution is 9.11. The Labute approximate surface area is 131 Å². The minimum atomic E-state index is -0.485. The van der Waals surface area contributed by atoms with Crippen LogP contribution >= 0.6 is 31.9 Å². The van der Waals surface area contributed by atoms with Gasteiger partial charge < -0.3 is 9.84 Å². The zero-order valence-corrected chi connectivity index (χ0v) is 13.2. The quantitative estimate of drug-likeness (QED) is 0.607. The molecule has 0 unspecified atom stereocenters. The van der Waals surface area contributed by atoms with Crippen LogP contribution in [0, 0.1) is 10.1 Å². The third-order valence-electron chi connectivity index (χ3n) is 2.54. The lowest BCUT2D eigenvalue weighted by molar-refractivity contribution is -0.385. The van der Waals surface area contributed by atoms with E-state index in [1.165, 1.54) is 6.07 Å². The van der Waals surface area contributed by atoms with Crippen molar-refractivity contribution in [3.05, 3.63) is 61.0 Å². The van der Waals surface area contributed by atoms with Crippen LogP contribution in [0.4, 0.5) is 5.69 Å². The maximum absolute atomic E-state index is 10.9. The van der Waals surface area contributed by atoms with Crippen molar-refractivity contribution < 1.29 is 14.8 Å². The van der Waals surface area contributed by atoms with E-state index in [4.69, 9.17) is 9.84 Å². The molecule has 2 aromatic carbocycles. The zero-order valence-electron chi connectivity index (χ0n) is 10.0. The topological polar surface area (TPSA) is 72.6 Å². The van der Waals surface area contributed by atoms with Gasteiger partial charge in [-0.25, -0.2) is 0 Å². The van der Waals surface area contributed by atoms with Crippen molar-refractivity contribution in [2.24, 2.45) is 0 Å². The molecule has 7 heteroatoms. The maximum Gasteiger partial charge on any atom is 0.287 e. The molecular weight excluding hydrogens is 394 g/mol. The van der Waals surface area contributed by atoms with Crippen LogP contribution in [0.5, 0.6) is 11.5 Å². The summed E-state index contributed by atoms with van der Waals surface area (Å²) in [4.78, 5) is 10.4. The normalized spacial score (nSPS) is 10.3. The summed E-state index contributed by atoms with van der Waals surface area (Å²) in [6.45, 7) is -0.0701. The van der Waals surface area contributed by atoms with Gasteiger partial charge in [0.1, 0.15) is 16.0 Å². The minimum absolute atomic E-state index is 0.0643. The Morgan fingerprint density at radius 1 is 1.20 bits per heavy atom. The first-order valence-corrected chi connectivity index (χ1v) is 7.11. The van der Waals surface area contributed by atoms with E-state index >= 15 is 0 Å². The molecule has 1 N–H and O–H groups in total. The summed E-state index contributed by atoms with van der Waals surface area (Å²) in [7, 11) is 0. The summed E-state index contributed by atoms with van der Waals surface area (Å²) in [6.07, 6.45) is 0. The monoisotopic (exact) mass is 401 g/mol. The highest BCUT2D eigenvalue weighted by Gasteiger charge is 2.17. The van der Waals surface area contributed by atoms with Crippen molar-refractivity contribution in [1.82, 2.24) is 0 Å². The summed E-state index contributed by atoms with van der Waals surface area (Å²) < 4.78 is 6.59. The van der Waals surface area contributed by atoms with E-state index in [2.05, 4.69) is 31.9 Å². The molecule has 0 aliphatic rings. The molecule has 0 amide bonds. The molecule has 2 aromatic rings. The second kappa shape index (κ2) is 6.34. The molecule has 104 valence electrons. The molecule has 0 aliphatic heterocycles. The van der Waals surface area contributed by atoms with Gasteiger partial charge in [-0.1, -0.05) is 12.1 Å². The zero-order chi connectivity index (χ0) is 14.7. The molecule has 0 saturated heterocycles. The first-order chi connectivity index (χ1) is 9.52. The average Bonchev–Trinajstić information content (AvgIpc) is 2.42. The lowest BCUT2D eigenvalue weighted by atomic mass is 10.2. The fourth-order valence-corrected chi connectivity index (χ4v) is 2.56. The number of halogens is 2. The van der Waals surface area contributed by atoms with Crippen LogP contribution in [0.2, 0.25) is 0 Å². The van der Waals surface area contributed by atoms with Crippen LogP contribution in [0.25, 0.3) is 0 Å². The largest absolute Gasteiger partial charge is 0.455 e. The molecule has 0 spiro atoms. The smallest absolute Gasteiger partial charge is 0.287 e. The first-order valence-electron chi connectivity index (χ1n) is 5.53. The Kier molecular flexibility index (Phi) is 4.74. The Morgan fingerprint density at radius 3 is 2.55 bits per heavy atom. The number of hydrogen-bond acceptors (Lipinski definition) is 4. The number of ether oxygens (including phenoxy) is 1. The van der Waals surface area contributed by atoms with Crippen molar-refractivity contribution in [2.45, 2.75) is 6.61 Å². The average molecular weight is 403 g/mol. The molecule has 0 aliphatic carbocycles. The van der Waals surface area contributed by atoms with E-state index in [1.54, 1.807) is 30.3 Å². The lowest BCUT2D eigenvalue weighted by Gasteiger charge is -2.10. The molecule has 2 rings (SSSR count). The number of rotatable bonds is 4. The van der Waals surface area contributed by atoms with Gasteiger partial charge in [-0.15, -0.1) is 0 Å². The van der Waals surface area contributed by atoms with Gasteiger partial charge in [-0.2, -0.15) is 0 Å². The van der Waals surface area contributed by atoms with E-state index in [0.717, 1.165) is 5.56 Å². The number of nitro groups is 1. The van der Waals surface area contributed by atoms with Gasteiger partial charge in [0.2, 0.25) is 0 Å². The molecule has 0 radical (unpaired) electrons. The van der Waals surface area contributed by atoms with Gasteiger partial charge in [0.05, 0.1) is 16.0 Å².